The molecule has 0 aliphatic rings. The van der Waals surface area contributed by atoms with Crippen molar-refractivity contribution in [1.82, 2.24) is 5.32 Å². The predicted octanol–water partition coefficient (Wildman–Crippen LogP) is 3.42. The van der Waals surface area contributed by atoms with Crippen molar-refractivity contribution in [1.29, 1.82) is 0 Å². The first-order chi connectivity index (χ1) is 8.46. The van der Waals surface area contributed by atoms with Crippen LogP contribution in [-0.4, -0.2) is 25.8 Å². The number of nitrogens with one attached hydrogen (secondary N) is 1. The zero-order valence-corrected chi connectivity index (χ0v) is 12.1. The van der Waals surface area contributed by atoms with Crippen LogP contribution in [0, 0.1) is 5.82 Å². The highest BCUT2D eigenvalue weighted by atomic mass is 35.5. The monoisotopic (exact) mass is 273 g/mol. The molecule has 2 nitrogen and oxygen atoms in total. The quantitative estimate of drug-likeness (QED) is 0.857. The summed E-state index contributed by atoms with van der Waals surface area (Å²) in [5.74, 6) is -0.310. The summed E-state index contributed by atoms with van der Waals surface area (Å²) >= 11 is 6.06. The summed E-state index contributed by atoms with van der Waals surface area (Å²) in [5, 5.41) is 3.72. The number of halogens is 2. The fourth-order valence-electron chi connectivity index (χ4n) is 2.06. The van der Waals surface area contributed by atoms with E-state index in [1.165, 1.54) is 12.1 Å². The van der Waals surface area contributed by atoms with Gasteiger partial charge in [0.2, 0.25) is 0 Å². The molecule has 0 heterocycles. The van der Waals surface area contributed by atoms with E-state index < -0.39 is 0 Å². The Morgan fingerprint density at radius 2 is 2.17 bits per heavy atom. The molecule has 0 saturated heterocycles. The van der Waals surface area contributed by atoms with Crippen LogP contribution in [0.5, 0.6) is 0 Å². The van der Waals surface area contributed by atoms with Crippen molar-refractivity contribution in [2.45, 2.75) is 38.3 Å². The average molecular weight is 274 g/mol. The summed E-state index contributed by atoms with van der Waals surface area (Å²) < 4.78 is 18.6. The molecule has 0 aliphatic carbocycles. The van der Waals surface area contributed by atoms with E-state index in [9.17, 15) is 4.39 Å². The largest absolute Gasteiger partial charge is 0.377 e. The summed E-state index contributed by atoms with van der Waals surface area (Å²) in [6, 6.07) is 4.63. The maximum Gasteiger partial charge on any atom is 0.124 e. The molecule has 1 rings (SSSR count). The lowest BCUT2D eigenvalue weighted by molar-refractivity contribution is -0.0268. The molecule has 0 amide bonds. The first-order valence-corrected chi connectivity index (χ1v) is 6.51. The highest BCUT2D eigenvalue weighted by Crippen LogP contribution is 2.25. The highest BCUT2D eigenvalue weighted by Gasteiger charge is 2.31. The molecule has 0 fully saturated rings. The molecule has 0 aromatic heterocycles. The number of ether oxygens (including phenoxy) is 1. The molecular weight excluding hydrogens is 253 g/mol. The Morgan fingerprint density at radius 1 is 1.50 bits per heavy atom. The summed E-state index contributed by atoms with van der Waals surface area (Å²) in [5.41, 5.74) is 0.654. The van der Waals surface area contributed by atoms with Gasteiger partial charge in [0.15, 0.2) is 0 Å². The summed E-state index contributed by atoms with van der Waals surface area (Å²) in [6.07, 6.45) is 1.58. The number of likely N-dealkylation sites (N-methyl/N-ethyl adjacent to an activating group) is 1. The van der Waals surface area contributed by atoms with E-state index >= 15 is 0 Å². The predicted molar refractivity (Wildman–Crippen MR) is 73.7 cm³/mol. The van der Waals surface area contributed by atoms with Gasteiger partial charge in [-0.15, -0.1) is 0 Å². The number of rotatable bonds is 6. The minimum Gasteiger partial charge on any atom is -0.377 e. The standard InChI is InChI=1S/C14H21ClFNO/c1-5-14(2,18-4)13(17-3)8-10-6-7-11(16)9-12(10)15/h6-7,9,13,17H,5,8H2,1-4H3. The molecule has 1 aromatic rings. The first-order valence-electron chi connectivity index (χ1n) is 6.13. The van der Waals surface area contributed by atoms with E-state index in [0.29, 0.717) is 11.4 Å². The first kappa shape index (κ1) is 15.4. The van der Waals surface area contributed by atoms with Crippen molar-refractivity contribution >= 4 is 11.6 Å². The number of hydrogen-bond donors (Lipinski definition) is 1. The third kappa shape index (κ3) is 3.44. The van der Waals surface area contributed by atoms with E-state index in [0.717, 1.165) is 12.0 Å². The maximum atomic E-state index is 13.0. The molecular formula is C14H21ClFNO. The molecule has 1 aromatic carbocycles. The van der Waals surface area contributed by atoms with Crippen molar-refractivity contribution in [3.63, 3.8) is 0 Å². The maximum absolute atomic E-state index is 13.0. The number of benzene rings is 1. The van der Waals surface area contributed by atoms with E-state index in [1.807, 2.05) is 7.05 Å². The normalized spacial score (nSPS) is 16.3. The molecule has 2 unspecified atom stereocenters. The minimum atomic E-state index is -0.310. The van der Waals surface area contributed by atoms with Crippen molar-refractivity contribution in [3.05, 3.63) is 34.6 Å². The Balaban J connectivity index is 2.92. The Bertz CT molecular complexity index is 393. The van der Waals surface area contributed by atoms with Gasteiger partial charge >= 0.3 is 0 Å². The van der Waals surface area contributed by atoms with Crippen LogP contribution in [0.2, 0.25) is 5.02 Å². The second-order valence-corrected chi connectivity index (χ2v) is 5.06. The molecule has 0 spiro atoms. The van der Waals surface area contributed by atoms with Crippen LogP contribution in [0.15, 0.2) is 18.2 Å². The van der Waals surface area contributed by atoms with Crippen LogP contribution in [0.25, 0.3) is 0 Å². The van der Waals surface area contributed by atoms with Gasteiger partial charge in [0, 0.05) is 18.2 Å². The Labute approximate surface area is 113 Å². The van der Waals surface area contributed by atoms with Crippen LogP contribution < -0.4 is 5.32 Å². The molecule has 0 aliphatic heterocycles. The Hall–Kier alpha value is -0.640. The topological polar surface area (TPSA) is 21.3 Å². The van der Waals surface area contributed by atoms with Crippen molar-refractivity contribution in [2.24, 2.45) is 0 Å². The Kier molecular flexibility index (Phi) is 5.57. The molecule has 0 radical (unpaired) electrons. The van der Waals surface area contributed by atoms with Crippen LogP contribution in [0.1, 0.15) is 25.8 Å². The molecule has 4 heteroatoms. The fraction of sp³-hybridized carbons (Fsp3) is 0.571. The van der Waals surface area contributed by atoms with Crippen molar-refractivity contribution in [3.8, 4) is 0 Å². The van der Waals surface area contributed by atoms with Crippen LogP contribution in [0.4, 0.5) is 4.39 Å². The van der Waals surface area contributed by atoms with E-state index in [2.05, 4.69) is 19.2 Å². The van der Waals surface area contributed by atoms with Crippen LogP contribution >= 0.6 is 11.6 Å². The van der Waals surface area contributed by atoms with Gasteiger partial charge in [0.05, 0.1) is 5.60 Å². The van der Waals surface area contributed by atoms with E-state index in [-0.39, 0.29) is 17.5 Å². The Morgan fingerprint density at radius 3 is 2.61 bits per heavy atom. The summed E-state index contributed by atoms with van der Waals surface area (Å²) in [7, 11) is 3.61. The number of methoxy groups -OCH3 is 1. The van der Waals surface area contributed by atoms with Gasteiger partial charge in [-0.25, -0.2) is 4.39 Å². The molecule has 2 atom stereocenters. The minimum absolute atomic E-state index is 0.121. The molecule has 0 saturated carbocycles. The van der Waals surface area contributed by atoms with Gasteiger partial charge in [-0.1, -0.05) is 24.6 Å². The SMILES string of the molecule is CCC(C)(OC)C(Cc1ccc(F)cc1Cl)NC. The number of hydrogen-bond acceptors (Lipinski definition) is 2. The fourth-order valence-corrected chi connectivity index (χ4v) is 2.31. The zero-order valence-electron chi connectivity index (χ0n) is 11.4. The zero-order chi connectivity index (χ0) is 13.8. The van der Waals surface area contributed by atoms with Crippen LogP contribution in [0.3, 0.4) is 0 Å². The molecule has 1 N–H and O–H groups in total. The smallest absolute Gasteiger partial charge is 0.124 e. The van der Waals surface area contributed by atoms with E-state index in [1.54, 1.807) is 13.2 Å². The van der Waals surface area contributed by atoms with Gasteiger partial charge in [0.25, 0.3) is 0 Å². The van der Waals surface area contributed by atoms with Gasteiger partial charge < -0.3 is 10.1 Å². The highest BCUT2D eigenvalue weighted by molar-refractivity contribution is 6.31. The van der Waals surface area contributed by atoms with E-state index in [4.69, 9.17) is 16.3 Å². The molecule has 102 valence electrons. The lowest BCUT2D eigenvalue weighted by Crippen LogP contribution is -2.49. The summed E-state index contributed by atoms with van der Waals surface area (Å²) in [4.78, 5) is 0. The van der Waals surface area contributed by atoms with Crippen LogP contribution in [-0.2, 0) is 11.2 Å². The lowest BCUT2D eigenvalue weighted by Gasteiger charge is -2.36. The lowest BCUT2D eigenvalue weighted by atomic mass is 9.88. The van der Waals surface area contributed by atoms with Gasteiger partial charge in [0.1, 0.15) is 5.82 Å². The van der Waals surface area contributed by atoms with Crippen molar-refractivity contribution in [2.75, 3.05) is 14.2 Å². The second-order valence-electron chi connectivity index (χ2n) is 4.65. The second kappa shape index (κ2) is 6.50. The van der Waals surface area contributed by atoms with Gasteiger partial charge in [-0.2, -0.15) is 0 Å². The van der Waals surface area contributed by atoms with Gasteiger partial charge in [-0.05, 0) is 44.5 Å². The third-order valence-corrected chi connectivity index (χ3v) is 4.04. The molecule has 0 bridgehead atoms. The molecule has 18 heavy (non-hydrogen) atoms. The van der Waals surface area contributed by atoms with Gasteiger partial charge in [-0.3, -0.25) is 0 Å². The average Bonchev–Trinajstić information content (AvgIpc) is 2.37. The third-order valence-electron chi connectivity index (χ3n) is 3.69. The summed E-state index contributed by atoms with van der Waals surface area (Å²) in [6.45, 7) is 4.14. The van der Waals surface area contributed by atoms with Crippen molar-refractivity contribution < 1.29 is 9.13 Å².